The van der Waals surface area contributed by atoms with Gasteiger partial charge in [-0.3, -0.25) is 9.59 Å². The van der Waals surface area contributed by atoms with E-state index < -0.39 is 6.04 Å². The molecule has 6 heteroatoms. The molecule has 0 aliphatic carbocycles. The second-order valence-electron chi connectivity index (χ2n) is 6.34. The molecule has 0 saturated carbocycles. The Morgan fingerprint density at radius 2 is 1.70 bits per heavy atom. The SMILES string of the molecule is CC(NC(=O)/C=C/c1ccccc1)C(=O)NC(C)c1nc2ccccc2[nH]1. The monoisotopic (exact) mass is 362 g/mol. The lowest BCUT2D eigenvalue weighted by Crippen LogP contribution is -2.45. The van der Waals surface area contributed by atoms with Crippen molar-refractivity contribution in [1.82, 2.24) is 20.6 Å². The summed E-state index contributed by atoms with van der Waals surface area (Å²) in [4.78, 5) is 32.0. The summed E-state index contributed by atoms with van der Waals surface area (Å²) in [6.07, 6.45) is 3.12. The first-order chi connectivity index (χ1) is 13.0. The number of carbonyl (C=O) groups excluding carboxylic acids is 2. The summed E-state index contributed by atoms with van der Waals surface area (Å²) >= 11 is 0. The van der Waals surface area contributed by atoms with Gasteiger partial charge < -0.3 is 15.6 Å². The van der Waals surface area contributed by atoms with Crippen LogP contribution in [0.3, 0.4) is 0 Å². The highest BCUT2D eigenvalue weighted by Gasteiger charge is 2.19. The molecule has 1 heterocycles. The maximum Gasteiger partial charge on any atom is 0.244 e. The first-order valence-electron chi connectivity index (χ1n) is 8.81. The molecule has 2 unspecified atom stereocenters. The Hall–Kier alpha value is -3.41. The van der Waals surface area contributed by atoms with E-state index in [9.17, 15) is 9.59 Å². The minimum atomic E-state index is -0.662. The Bertz CT molecular complexity index is 929. The molecule has 138 valence electrons. The lowest BCUT2D eigenvalue weighted by Gasteiger charge is -2.16. The molecule has 2 atom stereocenters. The smallest absolute Gasteiger partial charge is 0.244 e. The number of aromatic nitrogens is 2. The fourth-order valence-corrected chi connectivity index (χ4v) is 2.65. The van der Waals surface area contributed by atoms with Crippen LogP contribution in [0.4, 0.5) is 0 Å². The summed E-state index contributed by atoms with van der Waals surface area (Å²) < 4.78 is 0. The van der Waals surface area contributed by atoms with E-state index in [1.165, 1.54) is 6.08 Å². The minimum Gasteiger partial charge on any atom is -0.345 e. The quantitative estimate of drug-likeness (QED) is 0.589. The second-order valence-corrected chi connectivity index (χ2v) is 6.34. The predicted molar refractivity (Wildman–Crippen MR) is 106 cm³/mol. The van der Waals surface area contributed by atoms with Crippen molar-refractivity contribution in [3.05, 3.63) is 72.1 Å². The van der Waals surface area contributed by atoms with Crippen LogP contribution >= 0.6 is 0 Å². The molecular weight excluding hydrogens is 340 g/mol. The number of amides is 2. The Kier molecular flexibility index (Phi) is 5.66. The number of rotatable bonds is 6. The number of fused-ring (bicyclic) bond motifs is 1. The topological polar surface area (TPSA) is 86.9 Å². The Morgan fingerprint density at radius 1 is 1.00 bits per heavy atom. The Labute approximate surface area is 157 Å². The van der Waals surface area contributed by atoms with E-state index in [0.717, 1.165) is 16.6 Å². The van der Waals surface area contributed by atoms with E-state index >= 15 is 0 Å². The average Bonchev–Trinajstić information content (AvgIpc) is 3.11. The molecule has 0 saturated heterocycles. The molecule has 3 N–H and O–H groups in total. The van der Waals surface area contributed by atoms with Crippen LogP contribution in [-0.2, 0) is 9.59 Å². The average molecular weight is 362 g/mol. The Morgan fingerprint density at radius 3 is 2.44 bits per heavy atom. The van der Waals surface area contributed by atoms with Crippen molar-refractivity contribution >= 4 is 28.9 Å². The summed E-state index contributed by atoms with van der Waals surface area (Å²) in [6, 6.07) is 16.2. The summed E-state index contributed by atoms with van der Waals surface area (Å²) in [5, 5.41) is 5.53. The van der Waals surface area contributed by atoms with E-state index in [0.29, 0.717) is 5.82 Å². The van der Waals surface area contributed by atoms with Crippen LogP contribution in [0, 0.1) is 0 Å². The van der Waals surface area contributed by atoms with E-state index in [4.69, 9.17) is 0 Å². The van der Waals surface area contributed by atoms with Gasteiger partial charge in [-0.05, 0) is 37.6 Å². The number of aromatic amines is 1. The standard InChI is InChI=1S/C21H22N4O2/c1-14(20-24-17-10-6-7-11-18(17)25-20)23-21(27)15(2)22-19(26)13-12-16-8-4-3-5-9-16/h3-15H,1-2H3,(H,22,26)(H,23,27)(H,24,25)/b13-12+. The van der Waals surface area contributed by atoms with Crippen molar-refractivity contribution < 1.29 is 9.59 Å². The molecule has 0 bridgehead atoms. The molecule has 1 aromatic heterocycles. The number of nitrogens with zero attached hydrogens (tertiary/aromatic N) is 1. The Balaban J connectivity index is 1.55. The normalized spacial score (nSPS) is 13.4. The first kappa shape index (κ1) is 18.4. The summed E-state index contributed by atoms with van der Waals surface area (Å²) in [7, 11) is 0. The molecule has 0 spiro atoms. The number of hydrogen-bond donors (Lipinski definition) is 3. The van der Waals surface area contributed by atoms with Crippen LogP contribution in [-0.4, -0.2) is 27.8 Å². The van der Waals surface area contributed by atoms with Gasteiger partial charge in [0.15, 0.2) is 0 Å². The van der Waals surface area contributed by atoms with Gasteiger partial charge in [-0.2, -0.15) is 0 Å². The number of hydrogen-bond acceptors (Lipinski definition) is 3. The van der Waals surface area contributed by atoms with E-state index in [-0.39, 0.29) is 17.9 Å². The van der Waals surface area contributed by atoms with Crippen molar-refractivity contribution in [1.29, 1.82) is 0 Å². The van der Waals surface area contributed by atoms with Gasteiger partial charge in [0.1, 0.15) is 11.9 Å². The zero-order chi connectivity index (χ0) is 19.2. The van der Waals surface area contributed by atoms with Crippen LogP contribution in [0.25, 0.3) is 17.1 Å². The van der Waals surface area contributed by atoms with Crippen LogP contribution in [0.5, 0.6) is 0 Å². The largest absolute Gasteiger partial charge is 0.345 e. The maximum absolute atomic E-state index is 12.4. The first-order valence-corrected chi connectivity index (χ1v) is 8.81. The van der Waals surface area contributed by atoms with Crippen molar-refractivity contribution in [2.24, 2.45) is 0 Å². The number of imidazole rings is 1. The van der Waals surface area contributed by atoms with Crippen LogP contribution in [0.15, 0.2) is 60.7 Å². The lowest BCUT2D eigenvalue weighted by atomic mass is 10.2. The maximum atomic E-state index is 12.4. The number of carbonyl (C=O) groups is 2. The molecule has 0 aliphatic heterocycles. The van der Waals surface area contributed by atoms with Crippen LogP contribution in [0.2, 0.25) is 0 Å². The summed E-state index contributed by atoms with van der Waals surface area (Å²) in [6.45, 7) is 3.49. The number of nitrogens with one attached hydrogen (secondary N) is 3. The number of benzene rings is 2. The third-order valence-corrected chi connectivity index (χ3v) is 4.16. The predicted octanol–water partition coefficient (Wildman–Crippen LogP) is 2.96. The van der Waals surface area contributed by atoms with Gasteiger partial charge in [-0.15, -0.1) is 0 Å². The van der Waals surface area contributed by atoms with E-state index in [1.807, 2.05) is 61.5 Å². The molecule has 0 fully saturated rings. The molecule has 2 amide bonds. The minimum absolute atomic E-state index is 0.274. The number of H-pyrrole nitrogens is 1. The van der Waals surface area contributed by atoms with Crippen molar-refractivity contribution in [3.63, 3.8) is 0 Å². The fraction of sp³-hybridized carbons (Fsp3) is 0.190. The van der Waals surface area contributed by atoms with Crippen LogP contribution < -0.4 is 10.6 Å². The molecule has 6 nitrogen and oxygen atoms in total. The van der Waals surface area contributed by atoms with Gasteiger partial charge in [0.05, 0.1) is 17.1 Å². The third-order valence-electron chi connectivity index (χ3n) is 4.16. The van der Waals surface area contributed by atoms with Crippen molar-refractivity contribution in [2.45, 2.75) is 25.9 Å². The molecule has 2 aromatic carbocycles. The number of para-hydroxylation sites is 2. The van der Waals surface area contributed by atoms with Gasteiger partial charge in [-0.1, -0.05) is 42.5 Å². The van der Waals surface area contributed by atoms with Gasteiger partial charge in [0.25, 0.3) is 0 Å². The molecule has 0 radical (unpaired) electrons. The highest BCUT2D eigenvalue weighted by atomic mass is 16.2. The van der Waals surface area contributed by atoms with Gasteiger partial charge in [0.2, 0.25) is 11.8 Å². The van der Waals surface area contributed by atoms with E-state index in [2.05, 4.69) is 20.6 Å². The van der Waals surface area contributed by atoms with E-state index in [1.54, 1.807) is 13.0 Å². The fourth-order valence-electron chi connectivity index (χ4n) is 2.65. The van der Waals surface area contributed by atoms with Gasteiger partial charge in [-0.25, -0.2) is 4.98 Å². The molecule has 0 aliphatic rings. The molecule has 27 heavy (non-hydrogen) atoms. The lowest BCUT2D eigenvalue weighted by molar-refractivity contribution is -0.127. The highest BCUT2D eigenvalue weighted by Crippen LogP contribution is 2.15. The molecule has 3 aromatic rings. The van der Waals surface area contributed by atoms with Gasteiger partial charge >= 0.3 is 0 Å². The molecular formula is C21H22N4O2. The second kappa shape index (κ2) is 8.31. The summed E-state index contributed by atoms with van der Waals surface area (Å²) in [5.74, 6) is 0.0781. The zero-order valence-electron chi connectivity index (χ0n) is 15.3. The van der Waals surface area contributed by atoms with Crippen molar-refractivity contribution in [2.75, 3.05) is 0 Å². The zero-order valence-corrected chi connectivity index (χ0v) is 15.3. The molecule has 3 rings (SSSR count). The van der Waals surface area contributed by atoms with Gasteiger partial charge in [0, 0.05) is 6.08 Å². The third kappa shape index (κ3) is 4.82. The van der Waals surface area contributed by atoms with Crippen LogP contribution in [0.1, 0.15) is 31.3 Å². The summed E-state index contributed by atoms with van der Waals surface area (Å²) in [5.41, 5.74) is 2.69. The highest BCUT2D eigenvalue weighted by molar-refractivity contribution is 5.95. The van der Waals surface area contributed by atoms with Crippen molar-refractivity contribution in [3.8, 4) is 0 Å².